The van der Waals surface area contributed by atoms with Gasteiger partial charge in [0, 0.05) is 12.5 Å². The van der Waals surface area contributed by atoms with E-state index in [9.17, 15) is 9.90 Å². The van der Waals surface area contributed by atoms with Gasteiger partial charge < -0.3 is 10.4 Å². The van der Waals surface area contributed by atoms with Crippen LogP contribution in [-0.2, 0) is 17.9 Å². The molecule has 2 rings (SSSR count). The normalized spacial score (nSPS) is 16.6. The van der Waals surface area contributed by atoms with E-state index >= 15 is 0 Å². The van der Waals surface area contributed by atoms with Crippen LogP contribution in [0.2, 0.25) is 0 Å². The monoisotopic (exact) mass is 233 g/mol. The van der Waals surface area contributed by atoms with Gasteiger partial charge in [0.05, 0.1) is 6.61 Å². The van der Waals surface area contributed by atoms with Gasteiger partial charge in [-0.25, -0.2) is 0 Å². The fraction of sp³-hybridized carbons (Fsp3) is 0.500. The number of rotatable bonds is 5. The third-order valence-corrected chi connectivity index (χ3v) is 3.48. The van der Waals surface area contributed by atoms with E-state index in [1.54, 1.807) is 0 Å². The second-order valence-corrected chi connectivity index (χ2v) is 4.77. The van der Waals surface area contributed by atoms with Crippen molar-refractivity contribution in [1.82, 2.24) is 5.32 Å². The molecule has 0 aromatic heterocycles. The zero-order valence-corrected chi connectivity index (χ0v) is 10.1. The van der Waals surface area contributed by atoms with Gasteiger partial charge in [-0.2, -0.15) is 0 Å². The number of hydrogen-bond acceptors (Lipinski definition) is 2. The number of aliphatic hydroxyl groups is 1. The Morgan fingerprint density at radius 2 is 2.06 bits per heavy atom. The first kappa shape index (κ1) is 12.1. The Morgan fingerprint density at radius 3 is 2.65 bits per heavy atom. The summed E-state index contributed by atoms with van der Waals surface area (Å²) < 4.78 is 0. The molecule has 1 amide bonds. The van der Waals surface area contributed by atoms with E-state index in [2.05, 4.69) is 5.32 Å². The molecule has 0 radical (unpaired) electrons. The lowest BCUT2D eigenvalue weighted by Crippen LogP contribution is -2.30. The summed E-state index contributed by atoms with van der Waals surface area (Å²) in [6, 6.07) is 7.63. The van der Waals surface area contributed by atoms with Crippen LogP contribution in [0.15, 0.2) is 24.3 Å². The highest BCUT2D eigenvalue weighted by Gasteiger charge is 2.32. The third kappa shape index (κ3) is 3.07. The highest BCUT2D eigenvalue weighted by atomic mass is 16.3. The summed E-state index contributed by atoms with van der Waals surface area (Å²) >= 11 is 0. The summed E-state index contributed by atoms with van der Waals surface area (Å²) in [5.74, 6) is 0.833. The molecule has 2 N–H and O–H groups in total. The maximum absolute atomic E-state index is 11.8. The van der Waals surface area contributed by atoms with Crippen molar-refractivity contribution in [3.05, 3.63) is 35.4 Å². The molecule has 1 aromatic carbocycles. The van der Waals surface area contributed by atoms with E-state index in [1.165, 1.54) is 12.8 Å². The maximum atomic E-state index is 11.8. The minimum Gasteiger partial charge on any atom is -0.392 e. The third-order valence-electron chi connectivity index (χ3n) is 3.48. The molecule has 1 fully saturated rings. The molecule has 1 aliphatic carbocycles. The Labute approximate surface area is 102 Å². The Hall–Kier alpha value is -1.35. The second-order valence-electron chi connectivity index (χ2n) is 4.77. The van der Waals surface area contributed by atoms with Crippen molar-refractivity contribution in [3.63, 3.8) is 0 Å². The standard InChI is InChI=1S/C14H19NO2/c1-10(11-6-7-11)14(17)15-8-12-4-2-3-5-13(12)9-16/h2-5,10-11,16H,6-9H2,1H3,(H,15,17). The number of carbonyl (C=O) groups excluding carboxylic acids is 1. The predicted octanol–water partition coefficient (Wildman–Crippen LogP) is 1.84. The average molecular weight is 233 g/mol. The number of benzene rings is 1. The van der Waals surface area contributed by atoms with E-state index in [1.807, 2.05) is 31.2 Å². The lowest BCUT2D eigenvalue weighted by atomic mass is 10.0. The highest BCUT2D eigenvalue weighted by molar-refractivity contribution is 5.78. The summed E-state index contributed by atoms with van der Waals surface area (Å²) in [7, 11) is 0. The Bertz CT molecular complexity index is 399. The zero-order valence-electron chi connectivity index (χ0n) is 10.1. The molecule has 1 aromatic rings. The van der Waals surface area contributed by atoms with E-state index in [-0.39, 0.29) is 18.4 Å². The summed E-state index contributed by atoms with van der Waals surface area (Å²) in [6.07, 6.45) is 2.36. The molecule has 3 heteroatoms. The van der Waals surface area contributed by atoms with E-state index in [0.717, 1.165) is 11.1 Å². The van der Waals surface area contributed by atoms with Crippen LogP contribution in [0.4, 0.5) is 0 Å². The average Bonchev–Trinajstić information content (AvgIpc) is 3.19. The Balaban J connectivity index is 1.90. The van der Waals surface area contributed by atoms with Gasteiger partial charge in [-0.3, -0.25) is 4.79 Å². The SMILES string of the molecule is CC(C(=O)NCc1ccccc1CO)C1CC1. The number of hydrogen-bond donors (Lipinski definition) is 2. The van der Waals surface area contributed by atoms with Crippen molar-refractivity contribution in [2.75, 3.05) is 0 Å². The molecule has 0 aliphatic heterocycles. The van der Waals surface area contributed by atoms with Gasteiger partial charge in [-0.15, -0.1) is 0 Å². The largest absolute Gasteiger partial charge is 0.392 e. The van der Waals surface area contributed by atoms with Crippen LogP contribution in [0.5, 0.6) is 0 Å². The molecule has 1 aliphatic rings. The fourth-order valence-electron chi connectivity index (χ4n) is 2.04. The zero-order chi connectivity index (χ0) is 12.3. The number of nitrogens with one attached hydrogen (secondary N) is 1. The van der Waals surface area contributed by atoms with Crippen LogP contribution >= 0.6 is 0 Å². The minimum absolute atomic E-state index is 0.0181. The van der Waals surface area contributed by atoms with Crippen LogP contribution in [0.1, 0.15) is 30.9 Å². The molecule has 1 unspecified atom stereocenters. The van der Waals surface area contributed by atoms with Gasteiger partial charge >= 0.3 is 0 Å². The second kappa shape index (κ2) is 5.32. The molecule has 17 heavy (non-hydrogen) atoms. The van der Waals surface area contributed by atoms with Gasteiger partial charge in [0.15, 0.2) is 0 Å². The molecule has 1 atom stereocenters. The predicted molar refractivity (Wildman–Crippen MR) is 66.1 cm³/mol. The Morgan fingerprint density at radius 1 is 1.41 bits per heavy atom. The van der Waals surface area contributed by atoms with Crippen LogP contribution in [0.25, 0.3) is 0 Å². The van der Waals surface area contributed by atoms with Crippen LogP contribution < -0.4 is 5.32 Å². The van der Waals surface area contributed by atoms with Crippen LogP contribution in [0, 0.1) is 11.8 Å². The van der Waals surface area contributed by atoms with Crippen molar-refractivity contribution >= 4 is 5.91 Å². The first-order chi connectivity index (χ1) is 8.22. The lowest BCUT2D eigenvalue weighted by molar-refractivity contribution is -0.125. The molecular formula is C14H19NO2. The number of carbonyl (C=O) groups is 1. The fourth-order valence-corrected chi connectivity index (χ4v) is 2.04. The van der Waals surface area contributed by atoms with Crippen molar-refractivity contribution in [1.29, 1.82) is 0 Å². The topological polar surface area (TPSA) is 49.3 Å². The van der Waals surface area contributed by atoms with E-state index < -0.39 is 0 Å². The molecule has 0 heterocycles. The quantitative estimate of drug-likeness (QED) is 0.815. The molecule has 0 saturated heterocycles. The molecule has 0 spiro atoms. The molecule has 92 valence electrons. The molecule has 1 saturated carbocycles. The molecule has 0 bridgehead atoms. The van der Waals surface area contributed by atoms with Crippen molar-refractivity contribution < 1.29 is 9.90 Å². The Kier molecular flexibility index (Phi) is 3.79. The number of aliphatic hydroxyl groups excluding tert-OH is 1. The van der Waals surface area contributed by atoms with Crippen LogP contribution in [0.3, 0.4) is 0 Å². The minimum atomic E-state index is 0.0181. The van der Waals surface area contributed by atoms with Crippen molar-refractivity contribution in [2.45, 2.75) is 32.9 Å². The van der Waals surface area contributed by atoms with Gasteiger partial charge in [-0.05, 0) is 29.9 Å². The van der Waals surface area contributed by atoms with E-state index in [4.69, 9.17) is 0 Å². The van der Waals surface area contributed by atoms with Gasteiger partial charge in [0.2, 0.25) is 5.91 Å². The summed E-state index contributed by atoms with van der Waals surface area (Å²) in [4.78, 5) is 11.8. The van der Waals surface area contributed by atoms with Gasteiger partial charge in [0.25, 0.3) is 0 Å². The summed E-state index contributed by atoms with van der Waals surface area (Å²) in [6.45, 7) is 2.52. The molecular weight excluding hydrogens is 214 g/mol. The molecule has 3 nitrogen and oxygen atoms in total. The highest BCUT2D eigenvalue weighted by Crippen LogP contribution is 2.36. The lowest BCUT2D eigenvalue weighted by Gasteiger charge is -2.12. The first-order valence-corrected chi connectivity index (χ1v) is 6.17. The van der Waals surface area contributed by atoms with Crippen molar-refractivity contribution in [2.24, 2.45) is 11.8 Å². The van der Waals surface area contributed by atoms with E-state index in [0.29, 0.717) is 12.5 Å². The van der Waals surface area contributed by atoms with Gasteiger partial charge in [-0.1, -0.05) is 31.2 Å². The number of amides is 1. The summed E-state index contributed by atoms with van der Waals surface area (Å²) in [5, 5.41) is 12.1. The summed E-state index contributed by atoms with van der Waals surface area (Å²) in [5.41, 5.74) is 1.87. The maximum Gasteiger partial charge on any atom is 0.223 e. The van der Waals surface area contributed by atoms with Gasteiger partial charge in [0.1, 0.15) is 0 Å². The van der Waals surface area contributed by atoms with Crippen LogP contribution in [-0.4, -0.2) is 11.0 Å². The van der Waals surface area contributed by atoms with Crippen molar-refractivity contribution in [3.8, 4) is 0 Å². The first-order valence-electron chi connectivity index (χ1n) is 6.17. The smallest absolute Gasteiger partial charge is 0.223 e.